The quantitative estimate of drug-likeness (QED) is 0.750. The maximum absolute atomic E-state index is 11.7. The van der Waals surface area contributed by atoms with Crippen LogP contribution < -0.4 is 4.72 Å². The minimum absolute atomic E-state index is 0.165. The lowest BCUT2D eigenvalue weighted by Gasteiger charge is -2.25. The van der Waals surface area contributed by atoms with Gasteiger partial charge >= 0.3 is 0 Å². The van der Waals surface area contributed by atoms with Gasteiger partial charge in [0.15, 0.2) is 0 Å². The van der Waals surface area contributed by atoms with E-state index in [4.69, 9.17) is 0 Å². The van der Waals surface area contributed by atoms with Crippen molar-refractivity contribution in [3.63, 3.8) is 0 Å². The summed E-state index contributed by atoms with van der Waals surface area (Å²) in [5.74, 6) is 0.575. The van der Waals surface area contributed by atoms with E-state index in [1.165, 1.54) is 0 Å². The zero-order valence-electron chi connectivity index (χ0n) is 9.68. The molecule has 2 nitrogen and oxygen atoms in total. The molecule has 0 aliphatic carbocycles. The van der Waals surface area contributed by atoms with Crippen LogP contribution in [-0.4, -0.2) is 15.0 Å². The van der Waals surface area contributed by atoms with E-state index in [2.05, 4.69) is 25.5 Å². The zero-order valence-corrected chi connectivity index (χ0v) is 10.5. The van der Waals surface area contributed by atoms with Gasteiger partial charge in [0.2, 0.25) is 0 Å². The van der Waals surface area contributed by atoms with E-state index in [0.717, 1.165) is 6.42 Å². The Labute approximate surface area is 85.1 Å². The van der Waals surface area contributed by atoms with Crippen molar-refractivity contribution in [1.82, 2.24) is 4.72 Å². The third-order valence-electron chi connectivity index (χ3n) is 2.35. The van der Waals surface area contributed by atoms with E-state index in [0.29, 0.717) is 12.0 Å². The largest absolute Gasteiger partial charge is 0.242 e. The van der Waals surface area contributed by atoms with Crippen LogP contribution >= 0.6 is 0 Å². The molecule has 0 saturated heterocycles. The maximum Gasteiger partial charge on any atom is 0.0972 e. The highest BCUT2D eigenvalue weighted by molar-refractivity contribution is 7.84. The standard InChI is InChI=1S/C10H23NOS/c1-7-8(2)9(3)11-13(12)10(4,5)6/h8-9,11H,7H2,1-6H3. The predicted octanol–water partition coefficient (Wildman–Crippen LogP) is 2.47. The fourth-order valence-corrected chi connectivity index (χ4v) is 1.74. The first-order chi connectivity index (χ1) is 5.79. The Kier molecular flexibility index (Phi) is 5.15. The van der Waals surface area contributed by atoms with Crippen molar-refractivity contribution < 1.29 is 4.21 Å². The molecule has 0 aromatic rings. The molecular weight excluding hydrogens is 182 g/mol. The summed E-state index contributed by atoms with van der Waals surface area (Å²) in [4.78, 5) is 0. The molecule has 0 heterocycles. The van der Waals surface area contributed by atoms with Gasteiger partial charge in [-0.2, -0.15) is 0 Å². The molecule has 3 heteroatoms. The van der Waals surface area contributed by atoms with E-state index in [9.17, 15) is 4.21 Å². The monoisotopic (exact) mass is 205 g/mol. The van der Waals surface area contributed by atoms with Crippen LogP contribution in [0.25, 0.3) is 0 Å². The topological polar surface area (TPSA) is 29.1 Å². The molecule has 0 rings (SSSR count). The molecule has 3 atom stereocenters. The molecule has 1 N–H and O–H groups in total. The molecule has 3 unspecified atom stereocenters. The van der Waals surface area contributed by atoms with Crippen LogP contribution in [0, 0.1) is 5.92 Å². The van der Waals surface area contributed by atoms with Gasteiger partial charge in [0, 0.05) is 6.04 Å². The summed E-state index contributed by atoms with van der Waals surface area (Å²) in [6, 6.07) is 0.324. The molecule has 0 amide bonds. The minimum Gasteiger partial charge on any atom is -0.242 e. The van der Waals surface area contributed by atoms with Gasteiger partial charge in [0.1, 0.15) is 0 Å². The second-order valence-electron chi connectivity index (χ2n) is 4.67. The lowest BCUT2D eigenvalue weighted by atomic mass is 10.0. The van der Waals surface area contributed by atoms with Gasteiger partial charge < -0.3 is 0 Å². The summed E-state index contributed by atoms with van der Waals surface area (Å²) in [6.45, 7) is 12.4. The summed E-state index contributed by atoms with van der Waals surface area (Å²) in [6.07, 6.45) is 1.12. The Morgan fingerprint density at radius 1 is 1.31 bits per heavy atom. The Bertz CT molecular complexity index is 174. The summed E-state index contributed by atoms with van der Waals surface area (Å²) >= 11 is 0. The van der Waals surface area contributed by atoms with Gasteiger partial charge in [-0.15, -0.1) is 0 Å². The van der Waals surface area contributed by atoms with Crippen LogP contribution in [0.3, 0.4) is 0 Å². The van der Waals surface area contributed by atoms with Crippen LogP contribution in [0.4, 0.5) is 0 Å². The highest BCUT2D eigenvalue weighted by Gasteiger charge is 2.22. The average Bonchev–Trinajstić information content (AvgIpc) is 2.01. The number of rotatable bonds is 4. The first-order valence-corrected chi connectivity index (χ1v) is 6.12. The summed E-state index contributed by atoms with van der Waals surface area (Å²) in [5, 5.41) is 0. The summed E-state index contributed by atoms with van der Waals surface area (Å²) < 4.78 is 14.7. The van der Waals surface area contributed by atoms with E-state index in [-0.39, 0.29) is 4.75 Å². The van der Waals surface area contributed by atoms with Gasteiger partial charge in [0.25, 0.3) is 0 Å². The minimum atomic E-state index is -0.940. The molecule has 0 spiro atoms. The van der Waals surface area contributed by atoms with E-state index >= 15 is 0 Å². The number of hydrogen-bond acceptors (Lipinski definition) is 1. The molecule has 0 radical (unpaired) electrons. The van der Waals surface area contributed by atoms with Crippen LogP contribution in [-0.2, 0) is 11.0 Å². The average molecular weight is 205 g/mol. The predicted molar refractivity (Wildman–Crippen MR) is 59.9 cm³/mol. The number of hydrogen-bond donors (Lipinski definition) is 1. The zero-order chi connectivity index (χ0) is 10.6. The smallest absolute Gasteiger partial charge is 0.0972 e. The highest BCUT2D eigenvalue weighted by Crippen LogP contribution is 2.13. The van der Waals surface area contributed by atoms with Gasteiger partial charge in [-0.25, -0.2) is 8.93 Å². The fourth-order valence-electron chi connectivity index (χ4n) is 0.815. The first-order valence-electron chi connectivity index (χ1n) is 4.97. The van der Waals surface area contributed by atoms with Crippen molar-refractivity contribution in [3.8, 4) is 0 Å². The lowest BCUT2D eigenvalue weighted by molar-refractivity contribution is 0.440. The van der Waals surface area contributed by atoms with Crippen LogP contribution in [0.1, 0.15) is 48.0 Å². The Hall–Kier alpha value is 0.110. The third kappa shape index (κ3) is 4.77. The van der Waals surface area contributed by atoms with Gasteiger partial charge in [-0.1, -0.05) is 20.3 Å². The Balaban J connectivity index is 4.07. The van der Waals surface area contributed by atoms with Crippen molar-refractivity contribution >= 4 is 11.0 Å². The van der Waals surface area contributed by atoms with E-state index < -0.39 is 11.0 Å². The van der Waals surface area contributed by atoms with Crippen molar-refractivity contribution in [2.24, 2.45) is 5.92 Å². The molecule has 0 fully saturated rings. The maximum atomic E-state index is 11.7. The summed E-state index contributed by atoms with van der Waals surface area (Å²) in [7, 11) is -0.940. The second-order valence-corrected chi connectivity index (χ2v) is 6.67. The molecule has 0 aromatic carbocycles. The molecule has 80 valence electrons. The van der Waals surface area contributed by atoms with Gasteiger partial charge in [-0.3, -0.25) is 0 Å². The molecular formula is C10H23NOS. The SMILES string of the molecule is CCC(C)C(C)NS(=O)C(C)(C)C. The fraction of sp³-hybridized carbons (Fsp3) is 1.00. The number of nitrogens with one attached hydrogen (secondary N) is 1. The highest BCUT2D eigenvalue weighted by atomic mass is 32.2. The van der Waals surface area contributed by atoms with Crippen LogP contribution in [0.15, 0.2) is 0 Å². The van der Waals surface area contributed by atoms with Crippen molar-refractivity contribution in [2.75, 3.05) is 0 Å². The van der Waals surface area contributed by atoms with E-state index in [1.54, 1.807) is 0 Å². The molecule has 0 aliphatic rings. The second kappa shape index (κ2) is 5.11. The van der Waals surface area contributed by atoms with Gasteiger partial charge in [-0.05, 0) is 33.6 Å². The summed E-state index contributed by atoms with van der Waals surface area (Å²) in [5.41, 5.74) is 0. The molecule has 0 bridgehead atoms. The van der Waals surface area contributed by atoms with Crippen molar-refractivity contribution in [1.29, 1.82) is 0 Å². The molecule has 0 aromatic heterocycles. The van der Waals surface area contributed by atoms with Crippen molar-refractivity contribution in [2.45, 2.75) is 58.8 Å². The Morgan fingerprint density at radius 2 is 1.77 bits per heavy atom. The molecule has 0 saturated carbocycles. The van der Waals surface area contributed by atoms with Gasteiger partial charge in [0.05, 0.1) is 15.7 Å². The van der Waals surface area contributed by atoms with Crippen LogP contribution in [0.5, 0.6) is 0 Å². The lowest BCUT2D eigenvalue weighted by Crippen LogP contribution is -2.41. The molecule has 13 heavy (non-hydrogen) atoms. The van der Waals surface area contributed by atoms with Crippen LogP contribution in [0.2, 0.25) is 0 Å². The third-order valence-corrected chi connectivity index (χ3v) is 4.04. The van der Waals surface area contributed by atoms with Crippen molar-refractivity contribution in [3.05, 3.63) is 0 Å². The normalized spacial score (nSPS) is 19.5. The Morgan fingerprint density at radius 3 is 2.08 bits per heavy atom. The van der Waals surface area contributed by atoms with E-state index in [1.807, 2.05) is 20.8 Å². The molecule has 0 aliphatic heterocycles. The first kappa shape index (κ1) is 13.1.